The number of ketones is 1. The predicted octanol–water partition coefficient (Wildman–Crippen LogP) is 18.2. The molecule has 15 heteroatoms. The van der Waals surface area contributed by atoms with Gasteiger partial charge in [0.05, 0.1) is 48.4 Å². The monoisotopic (exact) mass is 1280 g/mol. The second-order valence-corrected chi connectivity index (χ2v) is 26.3. The molecular weight excluding hydrogens is 1170 g/mol. The van der Waals surface area contributed by atoms with Crippen LogP contribution >= 0.6 is 0 Å². The first-order valence-corrected chi connectivity index (χ1v) is 33.2. The van der Waals surface area contributed by atoms with Crippen LogP contribution in [-0.2, 0) is 14.5 Å². The first kappa shape index (κ1) is 81.7. The number of para-hydroxylation sites is 2. The highest BCUT2D eigenvalue weighted by atomic mass is 32.2. The molecule has 0 saturated heterocycles. The molecule has 1 atom stereocenters. The Balaban J connectivity index is 0.000000527. The Kier molecular flexibility index (Phi) is 38.6. The Morgan fingerprint density at radius 2 is 1.20 bits per heavy atom. The summed E-state index contributed by atoms with van der Waals surface area (Å²) >= 11 is 0. The van der Waals surface area contributed by atoms with Crippen LogP contribution in [0.4, 0.5) is 5.69 Å². The molecule has 1 aliphatic rings. The van der Waals surface area contributed by atoms with Gasteiger partial charge in [0.25, 0.3) is 0 Å². The molecule has 0 saturated carbocycles. The Morgan fingerprint density at radius 1 is 0.609 bits per heavy atom. The number of aromatic carboxylic acids is 1. The van der Waals surface area contributed by atoms with E-state index in [2.05, 4.69) is 120 Å². The number of benzene rings is 4. The number of nitrogens with zero attached hydrogens (tertiary/aromatic N) is 2. The van der Waals surface area contributed by atoms with Gasteiger partial charge < -0.3 is 34.4 Å². The number of carbonyl (C=O) groups is 2. The maximum atomic E-state index is 11.8. The molecule has 8 rings (SSSR count). The highest BCUT2D eigenvalue weighted by molar-refractivity contribution is 7.98. The highest BCUT2D eigenvalue weighted by Gasteiger charge is 2.13. The first-order valence-electron chi connectivity index (χ1n) is 31.5. The minimum Gasteiger partial charge on any atom is -0.495 e. The fourth-order valence-electron chi connectivity index (χ4n) is 8.20. The van der Waals surface area contributed by atoms with Crippen LogP contribution in [0.2, 0.25) is 0 Å². The average molecular weight is 1280 g/mol. The van der Waals surface area contributed by atoms with Crippen LogP contribution in [0, 0.1) is 19.8 Å². The van der Waals surface area contributed by atoms with E-state index in [0.29, 0.717) is 59.4 Å². The van der Waals surface area contributed by atoms with Crippen molar-refractivity contribution >= 4 is 33.0 Å². The zero-order valence-electron chi connectivity index (χ0n) is 59.1. The Morgan fingerprint density at radius 3 is 1.67 bits per heavy atom. The van der Waals surface area contributed by atoms with Gasteiger partial charge in [0, 0.05) is 53.6 Å². The molecular formula is C77H109N5O9S. The summed E-state index contributed by atoms with van der Waals surface area (Å²) in [7, 11) is 4.33. The molecule has 0 radical (unpaired) electrons. The number of anilines is 1. The van der Waals surface area contributed by atoms with Crippen molar-refractivity contribution in [2.45, 2.75) is 178 Å². The van der Waals surface area contributed by atoms with Gasteiger partial charge in [-0.1, -0.05) is 156 Å². The summed E-state index contributed by atoms with van der Waals surface area (Å²) in [4.78, 5) is 43.9. The van der Waals surface area contributed by atoms with E-state index in [1.54, 1.807) is 71.2 Å². The molecule has 0 aliphatic heterocycles. The average Bonchev–Trinajstić information content (AvgIpc) is 3.58. The number of ether oxygens (including phenoxy) is 4. The van der Waals surface area contributed by atoms with Crippen molar-refractivity contribution in [3.63, 3.8) is 0 Å². The largest absolute Gasteiger partial charge is 0.495 e. The lowest BCUT2D eigenvalue weighted by Crippen LogP contribution is -2.18. The summed E-state index contributed by atoms with van der Waals surface area (Å²) in [6.45, 7) is 37.6. The molecule has 3 heterocycles. The summed E-state index contributed by atoms with van der Waals surface area (Å²) in [5, 5.41) is 12.0. The molecule has 3 aromatic heterocycles. The maximum Gasteiger partial charge on any atom is 0.335 e. The van der Waals surface area contributed by atoms with Crippen LogP contribution in [0.5, 0.6) is 23.3 Å². The number of H-pyrrole nitrogens is 1. The topological polar surface area (TPSA) is 191 Å². The zero-order chi connectivity index (χ0) is 69.7. The van der Waals surface area contributed by atoms with Gasteiger partial charge in [0.15, 0.2) is 5.78 Å². The molecule has 502 valence electrons. The number of pyridine rings is 3. The van der Waals surface area contributed by atoms with E-state index in [9.17, 15) is 18.6 Å². The number of hydrogen-bond donors (Lipinski definition) is 4. The van der Waals surface area contributed by atoms with Crippen LogP contribution in [-0.4, -0.2) is 82.4 Å². The molecule has 14 nitrogen and oxygen atoms in total. The highest BCUT2D eigenvalue weighted by Crippen LogP contribution is 2.26. The Hall–Kier alpha value is -8.27. The molecule has 1 unspecified atom stereocenters. The Labute approximate surface area is 552 Å². The maximum absolute atomic E-state index is 11.8. The quantitative estimate of drug-likeness (QED) is 0.0671. The molecule has 0 bridgehead atoms. The van der Waals surface area contributed by atoms with Gasteiger partial charge in [0.2, 0.25) is 17.3 Å². The lowest BCUT2D eigenvalue weighted by molar-refractivity contribution is -0.115. The molecule has 4 aromatic carbocycles. The van der Waals surface area contributed by atoms with Crippen molar-refractivity contribution in [2.75, 3.05) is 33.7 Å². The van der Waals surface area contributed by atoms with Crippen molar-refractivity contribution < 1.29 is 37.9 Å². The van der Waals surface area contributed by atoms with Crippen molar-refractivity contribution in [1.82, 2.24) is 19.7 Å². The summed E-state index contributed by atoms with van der Waals surface area (Å²) in [5.41, 5.74) is 10.7. The van der Waals surface area contributed by atoms with E-state index < -0.39 is 15.7 Å². The van der Waals surface area contributed by atoms with Crippen molar-refractivity contribution in [3.05, 3.63) is 225 Å². The fourth-order valence-corrected chi connectivity index (χ4v) is 9.01. The normalized spacial score (nSPS) is 11.8. The van der Waals surface area contributed by atoms with E-state index in [1.807, 2.05) is 157 Å². The van der Waals surface area contributed by atoms with E-state index >= 15 is 0 Å². The number of nitrogens with one attached hydrogen (secondary N) is 3. The second-order valence-electron chi connectivity index (χ2n) is 24.1. The minimum atomic E-state index is -2.29. The number of carboxylic acid groups (broad SMARTS) is 1. The third-order valence-electron chi connectivity index (χ3n) is 13.9. The number of carbonyl (C=O) groups excluding carboxylic acids is 1. The lowest BCUT2D eigenvalue weighted by Gasteiger charge is -2.13. The van der Waals surface area contributed by atoms with Crippen LogP contribution < -0.4 is 34.5 Å². The van der Waals surface area contributed by atoms with Crippen LogP contribution in [0.25, 0.3) is 0 Å². The third kappa shape index (κ3) is 31.6. The summed E-state index contributed by atoms with van der Waals surface area (Å²) in [6.07, 6.45) is 11.8. The predicted molar refractivity (Wildman–Crippen MR) is 387 cm³/mol. The van der Waals surface area contributed by atoms with Gasteiger partial charge in [-0.2, -0.15) is 0 Å². The van der Waals surface area contributed by atoms with Gasteiger partial charge in [-0.15, -0.1) is 0 Å². The molecule has 4 N–H and O–H groups in total. The number of Topliss-reactive ketones (excluding diaryl/α,β-unsaturated/α-hetero) is 1. The van der Waals surface area contributed by atoms with Gasteiger partial charge in [-0.25, -0.2) is 23.7 Å². The van der Waals surface area contributed by atoms with Crippen molar-refractivity contribution in [1.29, 1.82) is 0 Å². The Bertz CT molecular complexity index is 3490. The molecule has 1 aliphatic carbocycles. The molecule has 92 heavy (non-hydrogen) atoms. The van der Waals surface area contributed by atoms with Crippen LogP contribution in [0.1, 0.15) is 196 Å². The number of methoxy groups -OCH3 is 3. The SMILES string of the molecule is C=S(=O)(NC)c1ccc(C(C)C)cc1.CC(C)C1=CC=CCC1=O.CC(C)c1cc[nH]c(=O)c1.CC(C)c1cccc(C(=O)O)c1.COc1cc(C(C)C)ccn1.COc1ccccc1NC(C)C.COc1ncccc1C(C)C.Cc1cccc(OC(C)C)c1C. The lowest BCUT2D eigenvalue weighted by atomic mass is 9.94. The standard InChI is InChI=1S/C11H17NOS.C11H16O.C10H15NO.C10H12O2.2C9H13NO.C9H12O.C8H11NO/c1-9(2)10-5-7-11(8-6-10)14(4,13)12-3;1-8(2)12-11-7-5-6-9(3)10(11)4;1-8(2)11-9-6-4-5-7-10(9)12-3;1-7(2)8-4-3-5-9(6-8)10(11)12;1-7(2)8-4-5-10-9(6-8)11-3;1-7(2)8-5-4-6-10-9(8)11-3;1-7(2)8-5-3-4-6-9(8)10;1-6(2)7-3-4-9-8(10)5-7/h5-9H,4H2,1-3H3,(H,12,13);5-8H,1-4H3;4-8,11H,1-3H3;3-7H,1-2H3,(H,11,12);2*4-7H,1-3H3;3-5,7H,6H2,1-2H3;3-6H,1-2H3,(H,9,10). The molecule has 0 amide bonds. The van der Waals surface area contributed by atoms with Gasteiger partial charge in [-0.05, 0) is 190 Å². The molecule has 0 spiro atoms. The van der Waals surface area contributed by atoms with Gasteiger partial charge in [0.1, 0.15) is 11.5 Å². The van der Waals surface area contributed by atoms with Gasteiger partial charge >= 0.3 is 5.97 Å². The number of allylic oxidation sites excluding steroid dienone is 4. The fraction of sp³-hybridized carbons (Fsp3) is 0.403. The van der Waals surface area contributed by atoms with E-state index in [0.717, 1.165) is 50.2 Å². The number of aryl methyl sites for hydroxylation is 1. The van der Waals surface area contributed by atoms with E-state index in [1.165, 1.54) is 22.3 Å². The number of rotatable bonds is 16. The van der Waals surface area contributed by atoms with E-state index in [-0.39, 0.29) is 17.4 Å². The van der Waals surface area contributed by atoms with Crippen molar-refractivity contribution in [2.24, 2.45) is 5.92 Å². The summed E-state index contributed by atoms with van der Waals surface area (Å²) in [5.74, 6) is 9.08. The van der Waals surface area contributed by atoms with Crippen LogP contribution in [0.3, 0.4) is 0 Å². The summed E-state index contributed by atoms with van der Waals surface area (Å²) < 4.78 is 35.4. The molecule has 0 fully saturated rings. The number of aromatic nitrogens is 3. The number of hydrogen-bond acceptors (Lipinski definition) is 11. The smallest absolute Gasteiger partial charge is 0.335 e. The third-order valence-corrected chi connectivity index (χ3v) is 15.6. The first-order chi connectivity index (χ1) is 43.3. The van der Waals surface area contributed by atoms with Gasteiger partial charge in [-0.3, -0.25) is 9.59 Å². The zero-order valence-corrected chi connectivity index (χ0v) is 60.0. The summed E-state index contributed by atoms with van der Waals surface area (Å²) in [6, 6.07) is 40.8. The number of aromatic amines is 1. The number of carboxylic acids is 1. The molecule has 7 aromatic rings. The minimum absolute atomic E-state index is 0.0220. The van der Waals surface area contributed by atoms with Crippen molar-refractivity contribution in [3.8, 4) is 23.3 Å². The van der Waals surface area contributed by atoms with E-state index in [4.69, 9.17) is 24.1 Å². The second kappa shape index (κ2) is 43.5. The van der Waals surface area contributed by atoms with Crippen LogP contribution in [0.15, 0.2) is 179 Å².